The SMILES string of the molecule is CS(=O)(=O)Cc1cc(-c2ccc3ncnc(Nc4ccc(OCc5ccccn5)c(Cl)c4)c3c2)cnc1Cl. The number of aromatic nitrogens is 4. The number of ether oxygens (including phenoxy) is 1. The highest BCUT2D eigenvalue weighted by Gasteiger charge is 2.13. The van der Waals surface area contributed by atoms with Crippen LogP contribution in [0.2, 0.25) is 10.2 Å². The predicted octanol–water partition coefficient (Wildman–Crippen LogP) is 6.26. The molecule has 0 spiro atoms. The maximum Gasteiger partial charge on any atom is 0.151 e. The van der Waals surface area contributed by atoms with Gasteiger partial charge in [0.2, 0.25) is 0 Å². The van der Waals surface area contributed by atoms with Crippen molar-refractivity contribution in [1.29, 1.82) is 0 Å². The summed E-state index contributed by atoms with van der Waals surface area (Å²) in [5.41, 5.74) is 4.22. The van der Waals surface area contributed by atoms with E-state index >= 15 is 0 Å². The highest BCUT2D eigenvalue weighted by Crippen LogP contribution is 2.33. The third kappa shape index (κ3) is 6.19. The Hall–Kier alpha value is -3.79. The van der Waals surface area contributed by atoms with E-state index in [4.69, 9.17) is 27.9 Å². The molecule has 3 heterocycles. The van der Waals surface area contributed by atoms with Gasteiger partial charge in [-0.05, 0) is 54.1 Å². The average Bonchev–Trinajstić information content (AvgIpc) is 2.89. The van der Waals surface area contributed by atoms with Gasteiger partial charge in [-0.25, -0.2) is 23.4 Å². The minimum absolute atomic E-state index is 0.162. The van der Waals surface area contributed by atoms with Crippen LogP contribution < -0.4 is 10.1 Å². The van der Waals surface area contributed by atoms with E-state index in [-0.39, 0.29) is 10.9 Å². The lowest BCUT2D eigenvalue weighted by atomic mass is 10.0. The van der Waals surface area contributed by atoms with Gasteiger partial charge in [-0.15, -0.1) is 0 Å². The maximum absolute atomic E-state index is 11.8. The van der Waals surface area contributed by atoms with Gasteiger partial charge in [-0.1, -0.05) is 35.3 Å². The van der Waals surface area contributed by atoms with Crippen molar-refractivity contribution in [1.82, 2.24) is 19.9 Å². The number of halogens is 2. The number of hydrogen-bond acceptors (Lipinski definition) is 8. The van der Waals surface area contributed by atoms with Crippen molar-refractivity contribution >= 4 is 55.4 Å². The molecule has 0 saturated heterocycles. The Kier molecular flexibility index (Phi) is 7.42. The van der Waals surface area contributed by atoms with Crippen LogP contribution in [-0.4, -0.2) is 34.6 Å². The zero-order chi connectivity index (χ0) is 26.7. The zero-order valence-corrected chi connectivity index (χ0v) is 22.4. The van der Waals surface area contributed by atoms with Crippen molar-refractivity contribution in [3.63, 3.8) is 0 Å². The topological polar surface area (TPSA) is 107 Å². The van der Waals surface area contributed by atoms with E-state index in [0.717, 1.165) is 34.0 Å². The fraction of sp³-hybridized carbons (Fsp3) is 0.111. The summed E-state index contributed by atoms with van der Waals surface area (Å²) in [6.07, 6.45) is 5.95. The van der Waals surface area contributed by atoms with Crippen molar-refractivity contribution in [2.45, 2.75) is 12.4 Å². The normalized spacial score (nSPS) is 11.4. The van der Waals surface area contributed by atoms with Gasteiger partial charge in [0.15, 0.2) is 9.84 Å². The molecule has 3 aromatic heterocycles. The van der Waals surface area contributed by atoms with Gasteiger partial charge in [0, 0.05) is 40.8 Å². The fourth-order valence-corrected chi connectivity index (χ4v) is 5.11. The first-order chi connectivity index (χ1) is 18.2. The van der Waals surface area contributed by atoms with Crippen LogP contribution in [-0.2, 0) is 22.2 Å². The minimum atomic E-state index is -3.28. The van der Waals surface area contributed by atoms with E-state index in [0.29, 0.717) is 34.4 Å². The number of pyridine rings is 2. The zero-order valence-electron chi connectivity index (χ0n) is 20.1. The number of sulfone groups is 1. The summed E-state index contributed by atoms with van der Waals surface area (Å²) in [4.78, 5) is 17.2. The van der Waals surface area contributed by atoms with E-state index in [1.54, 1.807) is 30.6 Å². The molecule has 0 fully saturated rings. The lowest BCUT2D eigenvalue weighted by molar-refractivity contribution is 0.301. The average molecular weight is 566 g/mol. The molecule has 0 bridgehead atoms. The van der Waals surface area contributed by atoms with Crippen LogP contribution in [0.5, 0.6) is 5.75 Å². The summed E-state index contributed by atoms with van der Waals surface area (Å²) in [7, 11) is -3.28. The fourth-order valence-electron chi connectivity index (χ4n) is 3.84. The second-order valence-corrected chi connectivity index (χ2v) is 11.5. The molecule has 0 radical (unpaired) electrons. The van der Waals surface area contributed by atoms with Crippen LogP contribution in [0, 0.1) is 0 Å². The van der Waals surface area contributed by atoms with E-state index in [1.807, 2.05) is 42.5 Å². The second-order valence-electron chi connectivity index (χ2n) is 8.58. The Balaban J connectivity index is 1.41. The van der Waals surface area contributed by atoms with Crippen LogP contribution in [0.4, 0.5) is 11.5 Å². The molecule has 0 atom stereocenters. The predicted molar refractivity (Wildman–Crippen MR) is 150 cm³/mol. The Morgan fingerprint density at radius 2 is 1.79 bits per heavy atom. The maximum atomic E-state index is 11.8. The number of nitrogens with one attached hydrogen (secondary N) is 1. The molecular formula is C27H21Cl2N5O3S. The third-order valence-electron chi connectivity index (χ3n) is 5.59. The van der Waals surface area contributed by atoms with Gasteiger partial charge < -0.3 is 10.1 Å². The van der Waals surface area contributed by atoms with Gasteiger partial charge >= 0.3 is 0 Å². The first-order valence-corrected chi connectivity index (χ1v) is 14.2. The van der Waals surface area contributed by atoms with Crippen LogP contribution in [0.1, 0.15) is 11.3 Å². The molecule has 0 aliphatic rings. The quantitative estimate of drug-likeness (QED) is 0.219. The van der Waals surface area contributed by atoms with Crippen LogP contribution in [0.15, 0.2) is 79.4 Å². The number of fused-ring (bicyclic) bond motifs is 1. The Bertz CT molecular complexity index is 1730. The molecular weight excluding hydrogens is 545 g/mol. The Labute approximate surface area is 229 Å². The van der Waals surface area contributed by atoms with E-state index in [9.17, 15) is 8.42 Å². The molecule has 2 aromatic carbocycles. The van der Waals surface area contributed by atoms with E-state index < -0.39 is 9.84 Å². The van der Waals surface area contributed by atoms with E-state index in [1.165, 1.54) is 6.33 Å². The summed E-state index contributed by atoms with van der Waals surface area (Å²) in [6, 6.07) is 18.4. The highest BCUT2D eigenvalue weighted by atomic mass is 35.5. The molecule has 0 unspecified atom stereocenters. The van der Waals surface area contributed by atoms with Crippen molar-refractivity contribution in [3.05, 3.63) is 101 Å². The van der Waals surface area contributed by atoms with Gasteiger partial charge in [0.1, 0.15) is 29.7 Å². The molecule has 0 saturated carbocycles. The van der Waals surface area contributed by atoms with Crippen molar-refractivity contribution in [3.8, 4) is 16.9 Å². The molecule has 0 aliphatic carbocycles. The highest BCUT2D eigenvalue weighted by molar-refractivity contribution is 7.89. The summed E-state index contributed by atoms with van der Waals surface area (Å²) in [6.45, 7) is 0.304. The second kappa shape index (κ2) is 10.9. The molecule has 5 aromatic rings. The first kappa shape index (κ1) is 25.8. The summed E-state index contributed by atoms with van der Waals surface area (Å²) in [5.74, 6) is 0.921. The molecule has 0 amide bonds. The van der Waals surface area contributed by atoms with Crippen LogP contribution in [0.25, 0.3) is 22.0 Å². The third-order valence-corrected chi connectivity index (χ3v) is 7.07. The van der Waals surface area contributed by atoms with Crippen LogP contribution in [0.3, 0.4) is 0 Å². The molecule has 0 aliphatic heterocycles. The minimum Gasteiger partial charge on any atom is -0.486 e. The molecule has 11 heteroatoms. The summed E-state index contributed by atoms with van der Waals surface area (Å²) >= 11 is 12.6. The Morgan fingerprint density at radius 1 is 0.921 bits per heavy atom. The summed E-state index contributed by atoms with van der Waals surface area (Å²) < 4.78 is 29.4. The molecule has 38 heavy (non-hydrogen) atoms. The van der Waals surface area contributed by atoms with Crippen molar-refractivity contribution < 1.29 is 13.2 Å². The monoisotopic (exact) mass is 565 g/mol. The van der Waals surface area contributed by atoms with Crippen molar-refractivity contribution in [2.24, 2.45) is 0 Å². The first-order valence-electron chi connectivity index (χ1n) is 11.4. The number of nitrogens with zero attached hydrogens (tertiary/aromatic N) is 4. The summed E-state index contributed by atoms with van der Waals surface area (Å²) in [5, 5.41) is 4.66. The lowest BCUT2D eigenvalue weighted by Crippen LogP contribution is -2.02. The number of anilines is 2. The number of rotatable bonds is 8. The number of benzene rings is 2. The molecule has 192 valence electrons. The van der Waals surface area contributed by atoms with Gasteiger partial charge in [-0.3, -0.25) is 4.98 Å². The largest absolute Gasteiger partial charge is 0.486 e. The molecule has 1 N–H and O–H groups in total. The van der Waals surface area contributed by atoms with Crippen molar-refractivity contribution in [2.75, 3.05) is 11.6 Å². The molecule has 8 nitrogen and oxygen atoms in total. The van der Waals surface area contributed by atoms with E-state index in [2.05, 4.69) is 25.3 Å². The molecule has 5 rings (SSSR count). The lowest BCUT2D eigenvalue weighted by Gasteiger charge is -2.12. The Morgan fingerprint density at radius 3 is 2.55 bits per heavy atom. The van der Waals surface area contributed by atoms with Gasteiger partial charge in [0.05, 0.1) is 22.0 Å². The standard InChI is InChI=1S/C27H21Cl2N5O3S/c1-38(35,36)15-19-10-18(13-31-26(19)29)17-5-7-24-22(11-17)27(33-16-32-24)34-20-6-8-25(23(28)12-20)37-14-21-4-2-3-9-30-21/h2-13,16H,14-15H2,1H3,(H,32,33,34). The smallest absolute Gasteiger partial charge is 0.151 e. The van der Waals surface area contributed by atoms with Crippen LogP contribution >= 0.6 is 23.2 Å². The number of hydrogen-bond donors (Lipinski definition) is 1. The van der Waals surface area contributed by atoms with Gasteiger partial charge in [-0.2, -0.15) is 0 Å². The van der Waals surface area contributed by atoms with Gasteiger partial charge in [0.25, 0.3) is 0 Å².